The van der Waals surface area contributed by atoms with Crippen molar-refractivity contribution in [1.82, 2.24) is 4.98 Å². The number of sulfonamides is 1. The van der Waals surface area contributed by atoms with E-state index < -0.39 is 31.7 Å². The zero-order valence-corrected chi connectivity index (χ0v) is 14.7. The maximum atomic E-state index is 12.8. The Kier molecular flexibility index (Phi) is 5.67. The average molecular weight is 397 g/mol. The first kappa shape index (κ1) is 18.9. The van der Waals surface area contributed by atoms with Crippen molar-refractivity contribution in [2.24, 2.45) is 0 Å². The van der Waals surface area contributed by atoms with Crippen LogP contribution in [0.3, 0.4) is 0 Å². The fourth-order valence-corrected chi connectivity index (χ4v) is 3.66. The summed E-state index contributed by atoms with van der Waals surface area (Å²) < 4.78 is 65.2. The molecule has 1 aromatic carbocycles. The molecule has 0 unspecified atom stereocenters. The monoisotopic (exact) mass is 396 g/mol. The van der Waals surface area contributed by atoms with Gasteiger partial charge in [-0.3, -0.25) is 4.72 Å². The largest absolute Gasteiger partial charge is 0.417 e. The highest BCUT2D eigenvalue weighted by atomic mass is 35.5. The van der Waals surface area contributed by atoms with Gasteiger partial charge in [0, 0.05) is 0 Å². The molecule has 0 bridgehead atoms. The summed E-state index contributed by atoms with van der Waals surface area (Å²) >= 11 is 6.97. The van der Waals surface area contributed by atoms with Crippen LogP contribution >= 0.6 is 23.4 Å². The van der Waals surface area contributed by atoms with Crippen LogP contribution in [0.2, 0.25) is 5.02 Å². The Labute approximate surface area is 146 Å². The molecular weight excluding hydrogens is 385 g/mol. The zero-order valence-electron chi connectivity index (χ0n) is 12.3. The number of nitrogens with zero attached hydrogens (tertiary/aromatic N) is 1. The van der Waals surface area contributed by atoms with Crippen molar-refractivity contribution >= 4 is 39.1 Å². The quantitative estimate of drug-likeness (QED) is 0.746. The number of anilines is 1. The van der Waals surface area contributed by atoms with Crippen LogP contribution in [-0.2, 0) is 16.2 Å². The lowest BCUT2D eigenvalue weighted by Gasteiger charge is -2.12. The highest BCUT2D eigenvalue weighted by Gasteiger charge is 2.34. The van der Waals surface area contributed by atoms with E-state index in [9.17, 15) is 21.6 Å². The second kappa shape index (κ2) is 7.20. The van der Waals surface area contributed by atoms with E-state index >= 15 is 0 Å². The Morgan fingerprint density at radius 2 is 1.96 bits per heavy atom. The van der Waals surface area contributed by atoms with E-state index in [1.54, 1.807) is 6.07 Å². The number of nitrogens with one attached hydrogen (secondary N) is 1. The summed E-state index contributed by atoms with van der Waals surface area (Å²) in [7, 11) is -4.19. The van der Waals surface area contributed by atoms with Gasteiger partial charge in [-0.1, -0.05) is 18.5 Å². The van der Waals surface area contributed by atoms with Gasteiger partial charge in [0.15, 0.2) is 0 Å². The van der Waals surface area contributed by atoms with Crippen molar-refractivity contribution in [3.63, 3.8) is 0 Å². The Morgan fingerprint density at radius 3 is 2.50 bits per heavy atom. The topological polar surface area (TPSA) is 59.1 Å². The van der Waals surface area contributed by atoms with Crippen molar-refractivity contribution in [3.8, 4) is 0 Å². The van der Waals surface area contributed by atoms with Crippen LogP contribution in [0.25, 0.3) is 0 Å². The molecule has 2 rings (SSSR count). The first-order valence-corrected chi connectivity index (χ1v) is 9.46. The van der Waals surface area contributed by atoms with Crippen LogP contribution in [0, 0.1) is 0 Å². The Hall–Kier alpha value is -1.45. The van der Waals surface area contributed by atoms with E-state index in [2.05, 4.69) is 9.71 Å². The normalized spacial score (nSPS) is 12.2. The standard InChI is InChI=1S/C14H12ClF3N2O2S2/c1-2-23-13-6-3-9(8-19-13)20-24(21,22)10-4-5-12(15)11(7-10)14(16,17)18/h3-8,20H,2H2,1H3. The van der Waals surface area contributed by atoms with Crippen LogP contribution in [0.5, 0.6) is 0 Å². The number of benzene rings is 1. The molecule has 24 heavy (non-hydrogen) atoms. The smallest absolute Gasteiger partial charge is 0.278 e. The van der Waals surface area contributed by atoms with Crippen molar-refractivity contribution in [1.29, 1.82) is 0 Å². The van der Waals surface area contributed by atoms with Crippen LogP contribution in [-0.4, -0.2) is 19.2 Å². The third-order valence-corrected chi connectivity index (χ3v) is 5.37. The van der Waals surface area contributed by atoms with Gasteiger partial charge < -0.3 is 0 Å². The highest BCUT2D eigenvalue weighted by molar-refractivity contribution is 7.99. The molecule has 0 spiro atoms. The number of rotatable bonds is 5. The third-order valence-electron chi connectivity index (χ3n) is 2.83. The molecule has 0 saturated carbocycles. The van der Waals surface area contributed by atoms with E-state index in [0.29, 0.717) is 11.1 Å². The number of alkyl halides is 3. The summed E-state index contributed by atoms with van der Waals surface area (Å²) in [6.07, 6.45) is -3.45. The fraction of sp³-hybridized carbons (Fsp3) is 0.214. The van der Waals surface area contributed by atoms with Gasteiger partial charge in [-0.15, -0.1) is 11.8 Å². The minimum atomic E-state index is -4.75. The molecule has 0 atom stereocenters. The molecule has 4 nitrogen and oxygen atoms in total. The number of aromatic nitrogens is 1. The van der Waals surface area contributed by atoms with Crippen LogP contribution in [0.15, 0.2) is 46.5 Å². The molecule has 1 N–H and O–H groups in total. The van der Waals surface area contributed by atoms with E-state index in [-0.39, 0.29) is 5.69 Å². The molecule has 0 saturated heterocycles. The Morgan fingerprint density at radius 1 is 1.25 bits per heavy atom. The highest BCUT2D eigenvalue weighted by Crippen LogP contribution is 2.36. The van der Waals surface area contributed by atoms with Gasteiger partial charge in [0.2, 0.25) is 0 Å². The third kappa shape index (κ3) is 4.55. The van der Waals surface area contributed by atoms with Gasteiger partial charge in [-0.2, -0.15) is 13.2 Å². The molecule has 0 amide bonds. The van der Waals surface area contributed by atoms with Crippen LogP contribution in [0.4, 0.5) is 18.9 Å². The van der Waals surface area contributed by atoms with Gasteiger partial charge in [-0.05, 0) is 36.1 Å². The average Bonchev–Trinajstić information content (AvgIpc) is 2.48. The lowest BCUT2D eigenvalue weighted by Crippen LogP contribution is -2.15. The Bertz CT molecular complexity index is 825. The molecule has 10 heteroatoms. The molecule has 0 aliphatic heterocycles. The fourth-order valence-electron chi connectivity index (χ4n) is 1.78. The van der Waals surface area contributed by atoms with E-state index in [0.717, 1.165) is 17.9 Å². The van der Waals surface area contributed by atoms with E-state index in [4.69, 9.17) is 11.6 Å². The summed E-state index contributed by atoms with van der Waals surface area (Å²) in [6.45, 7) is 1.95. The second-order valence-electron chi connectivity index (χ2n) is 4.56. The van der Waals surface area contributed by atoms with Crippen LogP contribution in [0.1, 0.15) is 12.5 Å². The second-order valence-corrected chi connectivity index (χ2v) is 7.94. The van der Waals surface area contributed by atoms with Gasteiger partial charge in [0.25, 0.3) is 10.0 Å². The molecule has 2 aromatic rings. The van der Waals surface area contributed by atoms with Gasteiger partial charge >= 0.3 is 6.18 Å². The molecule has 0 aliphatic rings. The molecular formula is C14H12ClF3N2O2S2. The lowest BCUT2D eigenvalue weighted by atomic mass is 10.2. The maximum absolute atomic E-state index is 12.8. The van der Waals surface area contributed by atoms with Gasteiger partial charge in [-0.25, -0.2) is 13.4 Å². The minimum absolute atomic E-state index is 0.152. The number of pyridine rings is 1. The van der Waals surface area contributed by atoms with Crippen LogP contribution < -0.4 is 4.72 Å². The number of thioether (sulfide) groups is 1. The lowest BCUT2D eigenvalue weighted by molar-refractivity contribution is -0.137. The van der Waals surface area contributed by atoms with E-state index in [1.165, 1.54) is 24.0 Å². The summed E-state index contributed by atoms with van der Waals surface area (Å²) in [6, 6.07) is 5.52. The summed E-state index contributed by atoms with van der Waals surface area (Å²) in [5, 5.41) is 0.148. The maximum Gasteiger partial charge on any atom is 0.417 e. The summed E-state index contributed by atoms with van der Waals surface area (Å²) in [5.74, 6) is 0.809. The first-order valence-electron chi connectivity index (χ1n) is 6.62. The molecule has 1 aromatic heterocycles. The first-order chi connectivity index (χ1) is 11.1. The SMILES string of the molecule is CCSc1ccc(NS(=O)(=O)c2ccc(Cl)c(C(F)(F)F)c2)cn1. The van der Waals surface area contributed by atoms with Gasteiger partial charge in [0.05, 0.1) is 32.4 Å². The summed E-state index contributed by atoms with van der Waals surface area (Å²) in [4.78, 5) is 3.52. The van der Waals surface area contributed by atoms with Crippen molar-refractivity contribution in [2.75, 3.05) is 10.5 Å². The minimum Gasteiger partial charge on any atom is -0.278 e. The molecule has 0 aliphatic carbocycles. The van der Waals surface area contributed by atoms with Gasteiger partial charge in [0.1, 0.15) is 0 Å². The number of halogens is 4. The van der Waals surface area contributed by atoms with Crippen molar-refractivity contribution in [3.05, 3.63) is 47.1 Å². The number of hydrogen-bond acceptors (Lipinski definition) is 4. The zero-order chi connectivity index (χ0) is 18.0. The number of hydrogen-bond donors (Lipinski definition) is 1. The van der Waals surface area contributed by atoms with E-state index in [1.807, 2.05) is 6.92 Å². The summed E-state index contributed by atoms with van der Waals surface area (Å²) in [5.41, 5.74) is -1.06. The van der Waals surface area contributed by atoms with Crippen molar-refractivity contribution < 1.29 is 21.6 Å². The Balaban J connectivity index is 2.30. The predicted octanol–water partition coefficient (Wildman–Crippen LogP) is 4.67. The van der Waals surface area contributed by atoms with Crippen molar-refractivity contribution in [2.45, 2.75) is 23.0 Å². The molecule has 130 valence electrons. The molecule has 0 fully saturated rings. The molecule has 0 radical (unpaired) electrons. The molecule has 1 heterocycles. The predicted molar refractivity (Wildman–Crippen MR) is 87.9 cm³/mol.